The zero-order chi connectivity index (χ0) is 26.9. The molecule has 6 aromatic rings. The van der Waals surface area contributed by atoms with E-state index in [0.717, 1.165) is 16.6 Å². The molecular weight excluding hydrogens is 474 g/mol. The van der Waals surface area contributed by atoms with Crippen molar-refractivity contribution in [3.8, 4) is 22.3 Å². The number of fused-ring (bicyclic) bond motifs is 6. The van der Waals surface area contributed by atoms with Crippen LogP contribution < -0.4 is 4.90 Å². The maximum absolute atomic E-state index is 6.15. The molecule has 0 atom stereocenters. The van der Waals surface area contributed by atoms with Gasteiger partial charge in [-0.15, -0.1) is 0 Å². The van der Waals surface area contributed by atoms with E-state index < -0.39 is 0 Å². The van der Waals surface area contributed by atoms with Crippen LogP contribution in [-0.2, 0) is 5.41 Å². The molecule has 0 saturated carbocycles. The molecule has 1 aliphatic carbocycles. The molecule has 0 unspecified atom stereocenters. The van der Waals surface area contributed by atoms with Crippen LogP contribution in [0.5, 0.6) is 0 Å². The standard InChI is InChI=1S/C37H33NO/c1-36(2,3)38(26-21-22-29-28-11-6-8-14-31(28)37(4,5)32(29)23-26)25-19-17-24(18-20-25)27-13-10-16-34-35(27)30-12-7-9-15-33(30)39-34/h6-23H,1-5H3. The van der Waals surface area contributed by atoms with Gasteiger partial charge in [-0.25, -0.2) is 0 Å². The van der Waals surface area contributed by atoms with Crippen molar-refractivity contribution in [2.75, 3.05) is 4.90 Å². The molecule has 0 bridgehead atoms. The van der Waals surface area contributed by atoms with Crippen LogP contribution in [0.15, 0.2) is 114 Å². The van der Waals surface area contributed by atoms with Crippen LogP contribution in [0.25, 0.3) is 44.2 Å². The van der Waals surface area contributed by atoms with Crippen molar-refractivity contribution in [3.63, 3.8) is 0 Å². The Morgan fingerprint density at radius 3 is 2.03 bits per heavy atom. The first-order valence-electron chi connectivity index (χ1n) is 13.8. The lowest BCUT2D eigenvalue weighted by atomic mass is 9.82. The number of anilines is 2. The minimum Gasteiger partial charge on any atom is -0.456 e. The van der Waals surface area contributed by atoms with Crippen molar-refractivity contribution in [1.82, 2.24) is 0 Å². The second-order valence-corrected chi connectivity index (χ2v) is 12.2. The fourth-order valence-electron chi connectivity index (χ4n) is 6.56. The van der Waals surface area contributed by atoms with Gasteiger partial charge in [0.15, 0.2) is 0 Å². The van der Waals surface area contributed by atoms with Gasteiger partial charge in [0, 0.05) is 33.1 Å². The van der Waals surface area contributed by atoms with Gasteiger partial charge in [0.05, 0.1) is 0 Å². The molecule has 0 spiro atoms. The molecule has 2 nitrogen and oxygen atoms in total. The lowest BCUT2D eigenvalue weighted by molar-refractivity contribution is 0.559. The number of nitrogens with zero attached hydrogens (tertiary/aromatic N) is 1. The summed E-state index contributed by atoms with van der Waals surface area (Å²) < 4.78 is 6.15. The quantitative estimate of drug-likeness (QED) is 0.237. The smallest absolute Gasteiger partial charge is 0.136 e. The fourth-order valence-corrected chi connectivity index (χ4v) is 6.56. The second-order valence-electron chi connectivity index (χ2n) is 12.2. The summed E-state index contributed by atoms with van der Waals surface area (Å²) in [5.74, 6) is 0. The summed E-state index contributed by atoms with van der Waals surface area (Å²) in [6, 6.07) is 39.5. The third-order valence-electron chi connectivity index (χ3n) is 8.34. The highest BCUT2D eigenvalue weighted by Gasteiger charge is 2.36. The zero-order valence-corrected chi connectivity index (χ0v) is 23.2. The van der Waals surface area contributed by atoms with Crippen LogP contribution in [0.3, 0.4) is 0 Å². The van der Waals surface area contributed by atoms with Crippen LogP contribution in [-0.4, -0.2) is 5.54 Å². The van der Waals surface area contributed by atoms with E-state index in [2.05, 4.69) is 137 Å². The van der Waals surface area contributed by atoms with Crippen LogP contribution in [0.1, 0.15) is 45.7 Å². The Kier molecular flexibility index (Phi) is 5.09. The molecule has 0 radical (unpaired) electrons. The highest BCUT2D eigenvalue weighted by Crippen LogP contribution is 2.50. The highest BCUT2D eigenvalue weighted by molar-refractivity contribution is 6.12. The summed E-state index contributed by atoms with van der Waals surface area (Å²) in [5, 5.41) is 2.33. The Morgan fingerprint density at radius 2 is 1.23 bits per heavy atom. The lowest BCUT2D eigenvalue weighted by Gasteiger charge is -2.38. The molecule has 0 amide bonds. The van der Waals surface area contributed by atoms with Crippen molar-refractivity contribution >= 4 is 33.3 Å². The number of benzene rings is 5. The predicted molar refractivity (Wildman–Crippen MR) is 165 cm³/mol. The van der Waals surface area contributed by atoms with E-state index in [4.69, 9.17) is 4.42 Å². The minimum absolute atomic E-state index is 0.0264. The summed E-state index contributed by atoms with van der Waals surface area (Å²) in [6.45, 7) is 11.5. The van der Waals surface area contributed by atoms with E-state index in [1.165, 1.54) is 50.1 Å². The first-order chi connectivity index (χ1) is 18.7. The number of hydrogen-bond donors (Lipinski definition) is 0. The maximum atomic E-state index is 6.15. The molecule has 1 heterocycles. The minimum atomic E-state index is -0.105. The Hall–Kier alpha value is -4.30. The summed E-state index contributed by atoms with van der Waals surface area (Å²) in [7, 11) is 0. The van der Waals surface area contributed by atoms with Gasteiger partial charge in [-0.3, -0.25) is 0 Å². The van der Waals surface area contributed by atoms with E-state index in [1.807, 2.05) is 12.1 Å². The van der Waals surface area contributed by atoms with E-state index in [1.54, 1.807) is 0 Å². The van der Waals surface area contributed by atoms with Gasteiger partial charge in [-0.1, -0.05) is 86.6 Å². The van der Waals surface area contributed by atoms with E-state index in [-0.39, 0.29) is 11.0 Å². The van der Waals surface area contributed by atoms with Crippen molar-refractivity contribution in [2.45, 2.75) is 45.6 Å². The SMILES string of the molecule is CC1(C)c2ccccc2-c2ccc(N(c3ccc(-c4cccc5oc6ccccc6c45)cc3)C(C)(C)C)cc21. The second kappa shape index (κ2) is 8.35. The van der Waals surface area contributed by atoms with Gasteiger partial charge in [0.1, 0.15) is 11.2 Å². The third-order valence-corrected chi connectivity index (χ3v) is 8.34. The first-order valence-corrected chi connectivity index (χ1v) is 13.8. The Labute approximate surface area is 230 Å². The normalized spacial score (nSPS) is 14.0. The molecule has 0 aliphatic heterocycles. The van der Waals surface area contributed by atoms with Gasteiger partial charge in [0.25, 0.3) is 0 Å². The molecule has 0 saturated heterocycles. The molecule has 5 aromatic carbocycles. The molecule has 0 fully saturated rings. The Bertz CT molecular complexity index is 1860. The summed E-state index contributed by atoms with van der Waals surface area (Å²) >= 11 is 0. The monoisotopic (exact) mass is 507 g/mol. The van der Waals surface area contributed by atoms with Gasteiger partial charge < -0.3 is 9.32 Å². The lowest BCUT2D eigenvalue weighted by Crippen LogP contribution is -2.37. The molecule has 39 heavy (non-hydrogen) atoms. The Balaban J connectivity index is 1.32. The Morgan fingerprint density at radius 1 is 0.590 bits per heavy atom. The van der Waals surface area contributed by atoms with Crippen LogP contribution in [0.4, 0.5) is 11.4 Å². The first kappa shape index (κ1) is 23.8. The van der Waals surface area contributed by atoms with Gasteiger partial charge in [-0.2, -0.15) is 0 Å². The van der Waals surface area contributed by atoms with Gasteiger partial charge >= 0.3 is 0 Å². The summed E-state index contributed by atoms with van der Waals surface area (Å²) in [4.78, 5) is 2.46. The average molecular weight is 508 g/mol. The third kappa shape index (κ3) is 3.62. The average Bonchev–Trinajstić information content (AvgIpc) is 3.41. The van der Waals surface area contributed by atoms with Crippen LogP contribution in [0, 0.1) is 0 Å². The molecule has 7 rings (SSSR count). The number of hydrogen-bond acceptors (Lipinski definition) is 2. The van der Waals surface area contributed by atoms with Crippen molar-refractivity contribution < 1.29 is 4.42 Å². The fraction of sp³-hybridized carbons (Fsp3) is 0.189. The van der Waals surface area contributed by atoms with Crippen molar-refractivity contribution in [3.05, 3.63) is 120 Å². The maximum Gasteiger partial charge on any atom is 0.136 e. The topological polar surface area (TPSA) is 16.4 Å². The van der Waals surface area contributed by atoms with Gasteiger partial charge in [0.2, 0.25) is 0 Å². The van der Waals surface area contributed by atoms with E-state index in [9.17, 15) is 0 Å². The highest BCUT2D eigenvalue weighted by atomic mass is 16.3. The van der Waals surface area contributed by atoms with E-state index in [0.29, 0.717) is 0 Å². The molecule has 2 heteroatoms. The number of furan rings is 1. The molecular formula is C37H33NO. The zero-order valence-electron chi connectivity index (χ0n) is 23.2. The molecule has 192 valence electrons. The van der Waals surface area contributed by atoms with Crippen molar-refractivity contribution in [2.24, 2.45) is 0 Å². The van der Waals surface area contributed by atoms with Crippen LogP contribution >= 0.6 is 0 Å². The van der Waals surface area contributed by atoms with Gasteiger partial charge in [-0.05, 0) is 90.6 Å². The van der Waals surface area contributed by atoms with Crippen molar-refractivity contribution in [1.29, 1.82) is 0 Å². The van der Waals surface area contributed by atoms with Crippen LogP contribution in [0.2, 0.25) is 0 Å². The summed E-state index contributed by atoms with van der Waals surface area (Å²) in [6.07, 6.45) is 0. The van der Waals surface area contributed by atoms with E-state index >= 15 is 0 Å². The predicted octanol–water partition coefficient (Wildman–Crippen LogP) is 10.5. The number of para-hydroxylation sites is 1. The molecule has 0 N–H and O–H groups in total. The number of rotatable bonds is 3. The molecule has 1 aromatic heterocycles. The summed E-state index contributed by atoms with van der Waals surface area (Å²) in [5.41, 5.74) is 12.0. The molecule has 1 aliphatic rings. The largest absolute Gasteiger partial charge is 0.456 e.